The van der Waals surface area contributed by atoms with Crippen molar-refractivity contribution in [1.82, 2.24) is 0 Å². The number of hydrogen-bond donors (Lipinski definition) is 7. The van der Waals surface area contributed by atoms with Crippen LogP contribution < -0.4 is 5.73 Å². The molecule has 2 rings (SSSR count). The van der Waals surface area contributed by atoms with Crippen LogP contribution in [0.25, 0.3) is 0 Å². The van der Waals surface area contributed by atoms with E-state index in [2.05, 4.69) is 0 Å². The highest BCUT2D eigenvalue weighted by Crippen LogP contribution is 2.35. The number of aliphatic hydroxyl groups is 6. The third-order valence-electron chi connectivity index (χ3n) is 4.84. The Balaban J connectivity index is 2.12. The van der Waals surface area contributed by atoms with Crippen LogP contribution in [0.3, 0.4) is 0 Å². The van der Waals surface area contributed by atoms with E-state index in [9.17, 15) is 30.6 Å². The van der Waals surface area contributed by atoms with Crippen molar-refractivity contribution in [2.75, 3.05) is 19.5 Å². The number of nitrogens with two attached hydrogens (primary N) is 1. The fourth-order valence-electron chi connectivity index (χ4n) is 3.35. The second kappa shape index (κ2) is 8.58. The highest BCUT2D eigenvalue weighted by molar-refractivity contribution is 7.99. The molecule has 0 aromatic carbocycles. The van der Waals surface area contributed by atoms with Gasteiger partial charge in [0, 0.05) is 5.92 Å². The van der Waals surface area contributed by atoms with Gasteiger partial charge in [0.25, 0.3) is 0 Å². The second-order valence-electron chi connectivity index (χ2n) is 6.30. The van der Waals surface area contributed by atoms with E-state index in [1.165, 1.54) is 11.8 Å². The van der Waals surface area contributed by atoms with Crippen LogP contribution in [0.15, 0.2) is 0 Å². The minimum absolute atomic E-state index is 0.0443. The average Bonchev–Trinajstić information content (AvgIpc) is 2.59. The Morgan fingerprint density at radius 2 is 1.42 bits per heavy atom. The predicted molar refractivity (Wildman–Crippen MR) is 85.1 cm³/mol. The zero-order valence-corrected chi connectivity index (χ0v) is 14.2. The van der Waals surface area contributed by atoms with E-state index in [0.717, 1.165) is 0 Å². The lowest BCUT2D eigenvalue weighted by molar-refractivity contribution is -0.240. The number of aliphatic hydroxyl groups excluding tert-OH is 6. The lowest BCUT2D eigenvalue weighted by Gasteiger charge is -2.46. The first-order valence-corrected chi connectivity index (χ1v) is 9.17. The maximum Gasteiger partial charge on any atom is 0.121 e. The maximum atomic E-state index is 10.5. The van der Waals surface area contributed by atoms with Gasteiger partial charge >= 0.3 is 0 Å². The van der Waals surface area contributed by atoms with Gasteiger partial charge in [-0.1, -0.05) is 0 Å². The van der Waals surface area contributed by atoms with E-state index in [0.29, 0.717) is 0 Å². The van der Waals surface area contributed by atoms with Crippen molar-refractivity contribution in [2.45, 2.75) is 60.6 Å². The summed E-state index contributed by atoms with van der Waals surface area (Å²) in [5.41, 5.74) is 5.50. The molecule has 2 aliphatic heterocycles. The minimum Gasteiger partial charge on any atom is -0.394 e. The monoisotopic (exact) mass is 369 g/mol. The lowest BCUT2D eigenvalue weighted by Crippen LogP contribution is -2.62. The highest BCUT2D eigenvalue weighted by atomic mass is 32.2. The van der Waals surface area contributed by atoms with Gasteiger partial charge in [-0.05, 0) is 12.7 Å². The van der Waals surface area contributed by atoms with Crippen molar-refractivity contribution in [3.05, 3.63) is 0 Å². The standard InChI is InChI=1S/C14H27NO8S/c1-24-14-9(15)10(18)5(7(3-16)23-14)2-6-11(19)13(21)12(20)8(4-17)22-6/h5-14,16-21H,2-4,15H2,1H3/t5-,6+,7?,8?,9?,10+,11?,12+,13-,14-/m1/s1. The Hall–Kier alpha value is -0.0100. The van der Waals surface area contributed by atoms with Crippen LogP contribution >= 0.6 is 11.8 Å². The molecule has 0 bridgehead atoms. The molecule has 0 saturated carbocycles. The summed E-state index contributed by atoms with van der Waals surface area (Å²) in [4.78, 5) is 0. The molecule has 8 N–H and O–H groups in total. The Labute approximate surface area is 144 Å². The van der Waals surface area contributed by atoms with Crippen molar-refractivity contribution in [3.63, 3.8) is 0 Å². The van der Waals surface area contributed by atoms with Gasteiger partial charge in [-0.25, -0.2) is 0 Å². The van der Waals surface area contributed by atoms with E-state index in [4.69, 9.17) is 15.2 Å². The summed E-state index contributed by atoms with van der Waals surface area (Å²) in [6, 6.07) is -0.683. The Morgan fingerprint density at radius 3 is 1.96 bits per heavy atom. The van der Waals surface area contributed by atoms with Crippen LogP contribution in [0.4, 0.5) is 0 Å². The van der Waals surface area contributed by atoms with Crippen molar-refractivity contribution < 1.29 is 40.1 Å². The van der Waals surface area contributed by atoms with Gasteiger partial charge in [-0.15, -0.1) is 11.8 Å². The molecular weight excluding hydrogens is 342 g/mol. The predicted octanol–water partition coefficient (Wildman–Crippen LogP) is -3.40. The molecular formula is C14H27NO8S. The molecule has 0 spiro atoms. The molecule has 9 nitrogen and oxygen atoms in total. The van der Waals surface area contributed by atoms with Crippen LogP contribution in [0.2, 0.25) is 0 Å². The van der Waals surface area contributed by atoms with Crippen LogP contribution in [0.1, 0.15) is 6.42 Å². The number of thioether (sulfide) groups is 1. The van der Waals surface area contributed by atoms with Crippen LogP contribution in [-0.2, 0) is 9.47 Å². The second-order valence-corrected chi connectivity index (χ2v) is 7.23. The van der Waals surface area contributed by atoms with Crippen molar-refractivity contribution >= 4 is 11.8 Å². The normalized spacial score (nSPS) is 50.0. The Morgan fingerprint density at radius 1 is 0.833 bits per heavy atom. The highest BCUT2D eigenvalue weighted by Gasteiger charge is 2.48. The average molecular weight is 369 g/mol. The third kappa shape index (κ3) is 3.88. The molecule has 0 aliphatic carbocycles. The molecule has 4 unspecified atom stereocenters. The summed E-state index contributed by atoms with van der Waals surface area (Å²) < 4.78 is 11.1. The number of rotatable bonds is 5. The zero-order chi connectivity index (χ0) is 18.0. The topological polar surface area (TPSA) is 166 Å². The van der Waals surface area contributed by atoms with E-state index in [1.54, 1.807) is 6.26 Å². The minimum atomic E-state index is -1.48. The summed E-state index contributed by atoms with van der Waals surface area (Å²) in [5, 5.41) is 59.0. The summed E-state index contributed by atoms with van der Waals surface area (Å²) in [6.45, 7) is -0.869. The molecule has 0 aromatic rings. The number of hydrogen-bond acceptors (Lipinski definition) is 10. The molecule has 2 aliphatic rings. The van der Waals surface area contributed by atoms with Gasteiger partial charge in [0.15, 0.2) is 0 Å². The molecule has 10 atom stereocenters. The van der Waals surface area contributed by atoms with E-state index in [-0.39, 0.29) is 13.0 Å². The summed E-state index contributed by atoms with van der Waals surface area (Å²) in [5.74, 6) is -0.630. The van der Waals surface area contributed by atoms with Gasteiger partial charge in [0.2, 0.25) is 0 Å². The van der Waals surface area contributed by atoms with Crippen molar-refractivity contribution in [2.24, 2.45) is 11.7 Å². The van der Waals surface area contributed by atoms with Crippen LogP contribution in [0, 0.1) is 5.92 Å². The van der Waals surface area contributed by atoms with Gasteiger partial charge in [-0.3, -0.25) is 0 Å². The molecule has 2 saturated heterocycles. The molecule has 142 valence electrons. The van der Waals surface area contributed by atoms with Crippen LogP contribution in [-0.4, -0.2) is 104 Å². The van der Waals surface area contributed by atoms with Gasteiger partial charge in [0.05, 0.1) is 37.6 Å². The summed E-state index contributed by atoms with van der Waals surface area (Å²) in [7, 11) is 0. The number of ether oxygens (including phenoxy) is 2. The molecule has 0 radical (unpaired) electrons. The first-order valence-electron chi connectivity index (χ1n) is 7.89. The Bertz CT molecular complexity index is 401. The molecule has 0 aromatic heterocycles. The fourth-order valence-corrected chi connectivity index (χ4v) is 4.08. The van der Waals surface area contributed by atoms with Crippen molar-refractivity contribution in [3.8, 4) is 0 Å². The van der Waals surface area contributed by atoms with E-state index in [1.807, 2.05) is 0 Å². The van der Waals surface area contributed by atoms with Crippen molar-refractivity contribution in [1.29, 1.82) is 0 Å². The molecule has 2 fully saturated rings. The van der Waals surface area contributed by atoms with E-state index >= 15 is 0 Å². The molecule has 0 amide bonds. The summed E-state index contributed by atoms with van der Waals surface area (Å²) >= 11 is 1.32. The quantitative estimate of drug-likeness (QED) is 0.260. The first-order chi connectivity index (χ1) is 11.3. The van der Waals surface area contributed by atoms with Gasteiger partial charge in [0.1, 0.15) is 29.9 Å². The SMILES string of the molecule is CS[C@H]1OC(CO)[C@@H](C[C@@H]2OC(CO)[C@H](O)[C@H](O)C2O)[C@H](O)C1N. The zero-order valence-electron chi connectivity index (χ0n) is 13.4. The van der Waals surface area contributed by atoms with E-state index < -0.39 is 66.7 Å². The largest absolute Gasteiger partial charge is 0.394 e. The molecule has 10 heteroatoms. The summed E-state index contributed by atoms with van der Waals surface area (Å²) in [6.07, 6.45) is -6.17. The van der Waals surface area contributed by atoms with Gasteiger partial charge in [-0.2, -0.15) is 0 Å². The Kier molecular flexibility index (Phi) is 7.26. The van der Waals surface area contributed by atoms with Crippen LogP contribution in [0.5, 0.6) is 0 Å². The smallest absolute Gasteiger partial charge is 0.121 e. The molecule has 2 heterocycles. The first kappa shape index (κ1) is 20.3. The lowest BCUT2D eigenvalue weighted by atomic mass is 9.81. The fraction of sp³-hybridized carbons (Fsp3) is 1.00. The van der Waals surface area contributed by atoms with Gasteiger partial charge < -0.3 is 45.8 Å². The maximum absolute atomic E-state index is 10.5. The molecule has 24 heavy (non-hydrogen) atoms. The third-order valence-corrected chi connectivity index (χ3v) is 5.73.